The van der Waals surface area contributed by atoms with Crippen molar-refractivity contribution in [3.63, 3.8) is 0 Å². The molecule has 64 heavy (non-hydrogen) atoms. The first-order valence-corrected chi connectivity index (χ1v) is 20.9. The predicted molar refractivity (Wildman–Crippen MR) is 251 cm³/mol. The van der Waals surface area contributed by atoms with E-state index in [4.69, 9.17) is 0 Å². The lowest BCUT2D eigenvalue weighted by molar-refractivity contribution is -0.138. The molecule has 11 rings (SSSR count). The van der Waals surface area contributed by atoms with Crippen LogP contribution in [0.25, 0.3) is 109 Å². The summed E-state index contributed by atoms with van der Waals surface area (Å²) in [6.45, 7) is 0. The van der Waals surface area contributed by atoms with Crippen LogP contribution in [0.5, 0.6) is 0 Å². The summed E-state index contributed by atoms with van der Waals surface area (Å²) in [5, 5.41) is 8.22. The monoisotopic (exact) mass is 844 g/mol. The molecule has 0 nitrogen and oxygen atoms in total. The Morgan fingerprint density at radius 3 is 1.30 bits per heavy atom. The molecule has 0 fully saturated rings. The number of alkyl halides is 6. The zero-order chi connectivity index (χ0) is 43.7. The molecule has 0 heterocycles. The van der Waals surface area contributed by atoms with E-state index in [0.29, 0.717) is 43.8 Å². The lowest BCUT2D eigenvalue weighted by atomic mass is 9.80. The highest BCUT2D eigenvalue weighted by Crippen LogP contribution is 2.51. The van der Waals surface area contributed by atoms with Gasteiger partial charge in [0, 0.05) is 0 Å². The van der Waals surface area contributed by atoms with E-state index in [0.717, 1.165) is 77.8 Å². The SMILES string of the molecule is FC(F)(F)c1cccc(-c2c3cc(-c4ccccc4)ccc3c(-c3cccc(C(F)(F)F)c3)c3cc4c(cc23)c(-c2ccccc2)c(-c2ccc3ccccc3c2)c2ccccc24)c1. The van der Waals surface area contributed by atoms with E-state index < -0.39 is 23.5 Å². The molecule has 11 aromatic carbocycles. The maximum absolute atomic E-state index is 14.6. The zero-order valence-electron chi connectivity index (χ0n) is 33.9. The third kappa shape index (κ3) is 6.65. The molecular weight excluding hydrogens is 811 g/mol. The molecule has 0 atom stereocenters. The largest absolute Gasteiger partial charge is 0.416 e. The van der Waals surface area contributed by atoms with Crippen molar-refractivity contribution in [2.45, 2.75) is 12.4 Å². The second-order valence-electron chi connectivity index (χ2n) is 16.2. The van der Waals surface area contributed by atoms with Crippen molar-refractivity contribution in [3.05, 3.63) is 217 Å². The average molecular weight is 845 g/mol. The van der Waals surface area contributed by atoms with Gasteiger partial charge in [-0.2, -0.15) is 26.3 Å². The number of hydrogen-bond donors (Lipinski definition) is 0. The molecule has 0 bridgehead atoms. The van der Waals surface area contributed by atoms with E-state index in [1.54, 1.807) is 12.1 Å². The van der Waals surface area contributed by atoms with Gasteiger partial charge in [0.1, 0.15) is 0 Å². The van der Waals surface area contributed by atoms with Gasteiger partial charge < -0.3 is 0 Å². The van der Waals surface area contributed by atoms with Crippen LogP contribution < -0.4 is 0 Å². The quantitative estimate of drug-likeness (QED) is 0.0920. The topological polar surface area (TPSA) is 0 Å². The Bertz CT molecular complexity index is 3620. The molecule has 0 N–H and O–H groups in total. The van der Waals surface area contributed by atoms with Crippen LogP contribution in [-0.2, 0) is 12.4 Å². The number of rotatable bonds is 5. The molecule has 0 amide bonds. The molecule has 0 radical (unpaired) electrons. The fraction of sp³-hybridized carbons (Fsp3) is 0.0345. The molecule has 0 aliphatic rings. The molecule has 0 spiro atoms. The highest BCUT2D eigenvalue weighted by molar-refractivity contribution is 6.29. The molecule has 308 valence electrons. The van der Waals surface area contributed by atoms with Gasteiger partial charge in [0.15, 0.2) is 0 Å². The number of halogens is 6. The minimum absolute atomic E-state index is 0.335. The van der Waals surface area contributed by atoms with Crippen LogP contribution in [0.1, 0.15) is 11.1 Å². The van der Waals surface area contributed by atoms with Gasteiger partial charge in [-0.1, -0.05) is 158 Å². The van der Waals surface area contributed by atoms with Gasteiger partial charge in [-0.05, 0) is 158 Å². The second kappa shape index (κ2) is 15.0. The fourth-order valence-corrected chi connectivity index (χ4v) is 9.59. The van der Waals surface area contributed by atoms with Gasteiger partial charge in [-0.25, -0.2) is 0 Å². The van der Waals surface area contributed by atoms with E-state index in [9.17, 15) is 26.3 Å². The zero-order valence-corrected chi connectivity index (χ0v) is 33.9. The Morgan fingerprint density at radius 1 is 0.219 bits per heavy atom. The summed E-state index contributed by atoms with van der Waals surface area (Å²) in [6.07, 6.45) is -9.25. The Hall–Kier alpha value is -7.70. The van der Waals surface area contributed by atoms with Crippen LogP contribution in [-0.4, -0.2) is 0 Å². The van der Waals surface area contributed by atoms with Crippen molar-refractivity contribution in [2.75, 3.05) is 0 Å². The molecular formula is C58H34F6. The van der Waals surface area contributed by atoms with Crippen molar-refractivity contribution in [1.29, 1.82) is 0 Å². The Labute approximate surface area is 364 Å². The smallest absolute Gasteiger partial charge is 0.166 e. The Balaban J connectivity index is 1.38. The molecule has 0 unspecified atom stereocenters. The predicted octanol–water partition coefficient (Wildman–Crippen LogP) is 17.8. The average Bonchev–Trinajstić information content (AvgIpc) is 3.32. The third-order valence-electron chi connectivity index (χ3n) is 12.4. The standard InChI is InChI=1S/C58H34F6/c59-57(60,61)43-21-11-19-40(30-43)53-47-28-27-39(35-13-3-1-4-14-35)32-49(47)54(41-20-12-22-44(31-41)58(62,63)64)52-34-50-48(33-51(52)53)45-23-9-10-24-46(45)56(55(50)37-16-5-2-6-17-37)42-26-25-36-15-7-8-18-38(36)29-42/h1-34H. The number of fused-ring (bicyclic) bond motifs is 6. The van der Waals surface area contributed by atoms with Crippen LogP contribution in [0, 0.1) is 0 Å². The molecule has 0 saturated carbocycles. The van der Waals surface area contributed by atoms with Crippen LogP contribution >= 0.6 is 0 Å². The second-order valence-corrected chi connectivity index (χ2v) is 16.2. The highest BCUT2D eigenvalue weighted by atomic mass is 19.4. The minimum atomic E-state index is -4.63. The highest BCUT2D eigenvalue weighted by Gasteiger charge is 2.33. The van der Waals surface area contributed by atoms with E-state index >= 15 is 0 Å². The van der Waals surface area contributed by atoms with Crippen molar-refractivity contribution in [2.24, 2.45) is 0 Å². The molecule has 0 saturated heterocycles. The van der Waals surface area contributed by atoms with Gasteiger partial charge in [0.05, 0.1) is 11.1 Å². The van der Waals surface area contributed by atoms with E-state index in [-0.39, 0.29) is 0 Å². The summed E-state index contributed by atoms with van der Waals surface area (Å²) in [4.78, 5) is 0. The summed E-state index contributed by atoms with van der Waals surface area (Å²) < 4.78 is 87.5. The third-order valence-corrected chi connectivity index (χ3v) is 12.4. The van der Waals surface area contributed by atoms with Gasteiger partial charge in [-0.15, -0.1) is 0 Å². The first kappa shape index (κ1) is 39.2. The van der Waals surface area contributed by atoms with Crippen LogP contribution in [0.15, 0.2) is 206 Å². The summed E-state index contributed by atoms with van der Waals surface area (Å²) >= 11 is 0. The van der Waals surface area contributed by atoms with Crippen molar-refractivity contribution in [1.82, 2.24) is 0 Å². The fourth-order valence-electron chi connectivity index (χ4n) is 9.59. The summed E-state index contributed by atoms with van der Waals surface area (Å²) in [6, 6.07) is 63.0. The molecule has 0 aromatic heterocycles. The summed E-state index contributed by atoms with van der Waals surface area (Å²) in [7, 11) is 0. The van der Waals surface area contributed by atoms with E-state index in [1.165, 1.54) is 24.3 Å². The van der Waals surface area contributed by atoms with Crippen molar-refractivity contribution >= 4 is 53.9 Å². The van der Waals surface area contributed by atoms with Gasteiger partial charge in [0.25, 0.3) is 0 Å². The maximum atomic E-state index is 14.6. The number of benzene rings is 11. The summed E-state index contributed by atoms with van der Waals surface area (Å²) in [5.41, 5.74) is 5.72. The minimum Gasteiger partial charge on any atom is -0.166 e. The Kier molecular flexibility index (Phi) is 9.17. The first-order chi connectivity index (χ1) is 31.0. The Morgan fingerprint density at radius 2 is 0.656 bits per heavy atom. The normalized spacial score (nSPS) is 12.2. The first-order valence-electron chi connectivity index (χ1n) is 20.9. The van der Waals surface area contributed by atoms with Gasteiger partial charge in [0.2, 0.25) is 0 Å². The molecule has 11 aromatic rings. The maximum Gasteiger partial charge on any atom is 0.416 e. The van der Waals surface area contributed by atoms with Crippen LogP contribution in [0.3, 0.4) is 0 Å². The summed E-state index contributed by atoms with van der Waals surface area (Å²) in [5.74, 6) is 0. The van der Waals surface area contributed by atoms with Gasteiger partial charge >= 0.3 is 12.4 Å². The van der Waals surface area contributed by atoms with Gasteiger partial charge in [-0.3, -0.25) is 0 Å². The number of hydrogen-bond acceptors (Lipinski definition) is 0. The van der Waals surface area contributed by atoms with E-state index in [2.05, 4.69) is 60.7 Å². The van der Waals surface area contributed by atoms with Crippen molar-refractivity contribution in [3.8, 4) is 55.6 Å². The molecule has 6 heteroatoms. The lowest BCUT2D eigenvalue weighted by Crippen LogP contribution is -2.05. The van der Waals surface area contributed by atoms with E-state index in [1.807, 2.05) is 97.1 Å². The van der Waals surface area contributed by atoms with Crippen LogP contribution in [0.4, 0.5) is 26.3 Å². The van der Waals surface area contributed by atoms with Crippen molar-refractivity contribution < 1.29 is 26.3 Å². The molecule has 0 aliphatic carbocycles. The molecule has 0 aliphatic heterocycles. The lowest BCUT2D eigenvalue weighted by Gasteiger charge is -2.23. The van der Waals surface area contributed by atoms with Crippen LogP contribution in [0.2, 0.25) is 0 Å².